The highest BCUT2D eigenvalue weighted by Crippen LogP contribution is 2.38. The second-order valence-corrected chi connectivity index (χ2v) is 5.99. The molecule has 1 fully saturated rings. The molecular weight excluding hydrogens is 236 g/mol. The molecule has 1 heterocycles. The maximum Gasteiger partial charge on any atom is 0.0984 e. The number of aliphatic hydroxyl groups excluding tert-OH is 1. The standard InChI is InChI=1S/C16H28N2O/c1-3-5-13-6-8-14(9-7-13)16(19)15-10-11-17-18(15)12-4-2/h10-11,13-14,16,19H,3-9,12H2,1-2H3. The molecule has 0 spiro atoms. The van der Waals surface area contributed by atoms with Crippen molar-refractivity contribution in [3.63, 3.8) is 0 Å². The van der Waals surface area contributed by atoms with E-state index in [1.807, 2.05) is 16.9 Å². The van der Waals surface area contributed by atoms with Gasteiger partial charge in [-0.15, -0.1) is 0 Å². The van der Waals surface area contributed by atoms with E-state index in [4.69, 9.17) is 0 Å². The summed E-state index contributed by atoms with van der Waals surface area (Å²) in [6, 6.07) is 1.98. The van der Waals surface area contributed by atoms with E-state index in [0.29, 0.717) is 5.92 Å². The number of nitrogens with zero attached hydrogens (tertiary/aromatic N) is 2. The Labute approximate surface area is 117 Å². The number of aromatic nitrogens is 2. The number of hydrogen-bond donors (Lipinski definition) is 1. The second kappa shape index (κ2) is 7.09. The molecule has 1 aromatic rings. The van der Waals surface area contributed by atoms with Crippen LogP contribution in [0.1, 0.15) is 70.6 Å². The lowest BCUT2D eigenvalue weighted by Gasteiger charge is -2.31. The van der Waals surface area contributed by atoms with Gasteiger partial charge in [-0.1, -0.05) is 39.5 Å². The van der Waals surface area contributed by atoms with Crippen LogP contribution in [-0.2, 0) is 6.54 Å². The van der Waals surface area contributed by atoms with Crippen molar-refractivity contribution >= 4 is 0 Å². The van der Waals surface area contributed by atoms with Gasteiger partial charge in [-0.3, -0.25) is 4.68 Å². The van der Waals surface area contributed by atoms with Gasteiger partial charge in [-0.05, 0) is 37.2 Å². The molecule has 3 heteroatoms. The summed E-state index contributed by atoms with van der Waals surface area (Å²) < 4.78 is 1.97. The normalized spacial score (nSPS) is 25.4. The van der Waals surface area contributed by atoms with Gasteiger partial charge in [0.1, 0.15) is 0 Å². The van der Waals surface area contributed by atoms with Gasteiger partial charge in [-0.25, -0.2) is 0 Å². The molecule has 1 aliphatic rings. The third-order valence-corrected chi connectivity index (χ3v) is 4.52. The first-order valence-electron chi connectivity index (χ1n) is 7.96. The molecule has 1 unspecified atom stereocenters. The van der Waals surface area contributed by atoms with Crippen LogP contribution in [0.3, 0.4) is 0 Å². The van der Waals surface area contributed by atoms with E-state index in [2.05, 4.69) is 18.9 Å². The van der Waals surface area contributed by atoms with Crippen molar-refractivity contribution in [1.82, 2.24) is 9.78 Å². The first-order valence-corrected chi connectivity index (χ1v) is 7.96. The molecule has 1 aromatic heterocycles. The van der Waals surface area contributed by atoms with E-state index in [1.54, 1.807) is 0 Å². The third-order valence-electron chi connectivity index (χ3n) is 4.52. The average molecular weight is 264 g/mol. The van der Waals surface area contributed by atoms with E-state index in [-0.39, 0.29) is 6.10 Å². The zero-order valence-electron chi connectivity index (χ0n) is 12.4. The zero-order chi connectivity index (χ0) is 13.7. The maximum absolute atomic E-state index is 10.6. The summed E-state index contributed by atoms with van der Waals surface area (Å²) in [4.78, 5) is 0. The van der Waals surface area contributed by atoms with E-state index in [0.717, 1.165) is 24.6 Å². The van der Waals surface area contributed by atoms with Crippen molar-refractivity contribution in [1.29, 1.82) is 0 Å². The average Bonchev–Trinajstić information content (AvgIpc) is 2.88. The van der Waals surface area contributed by atoms with Gasteiger partial charge in [0.15, 0.2) is 0 Å². The Hall–Kier alpha value is -0.830. The van der Waals surface area contributed by atoms with Crippen LogP contribution >= 0.6 is 0 Å². The maximum atomic E-state index is 10.6. The van der Waals surface area contributed by atoms with Crippen molar-refractivity contribution in [3.8, 4) is 0 Å². The largest absolute Gasteiger partial charge is 0.387 e. The zero-order valence-corrected chi connectivity index (χ0v) is 12.4. The summed E-state index contributed by atoms with van der Waals surface area (Å²) in [7, 11) is 0. The van der Waals surface area contributed by atoms with Crippen molar-refractivity contribution < 1.29 is 5.11 Å². The van der Waals surface area contributed by atoms with E-state index >= 15 is 0 Å². The number of rotatable bonds is 6. The van der Waals surface area contributed by atoms with Crippen molar-refractivity contribution in [3.05, 3.63) is 18.0 Å². The molecule has 0 saturated heterocycles. The van der Waals surface area contributed by atoms with Gasteiger partial charge in [0.25, 0.3) is 0 Å². The highest BCUT2D eigenvalue weighted by Gasteiger charge is 2.28. The predicted molar refractivity (Wildman–Crippen MR) is 77.8 cm³/mol. The van der Waals surface area contributed by atoms with Crippen LogP contribution < -0.4 is 0 Å². The Kier molecular flexibility index (Phi) is 5.44. The SMILES string of the molecule is CCCC1CCC(C(O)c2ccnn2CCC)CC1. The Morgan fingerprint density at radius 3 is 2.63 bits per heavy atom. The molecule has 1 aliphatic carbocycles. The first kappa shape index (κ1) is 14.6. The fourth-order valence-corrected chi connectivity index (χ4v) is 3.44. The van der Waals surface area contributed by atoms with Gasteiger partial charge in [-0.2, -0.15) is 5.10 Å². The molecule has 1 saturated carbocycles. The summed E-state index contributed by atoms with van der Waals surface area (Å²) in [5.41, 5.74) is 1.01. The lowest BCUT2D eigenvalue weighted by molar-refractivity contribution is 0.0649. The molecule has 0 aliphatic heterocycles. The summed E-state index contributed by atoms with van der Waals surface area (Å²) in [5, 5.41) is 14.9. The quantitative estimate of drug-likeness (QED) is 0.845. The molecule has 108 valence electrons. The summed E-state index contributed by atoms with van der Waals surface area (Å²) in [6.07, 6.45) is 10.1. The highest BCUT2D eigenvalue weighted by atomic mass is 16.3. The van der Waals surface area contributed by atoms with Crippen molar-refractivity contribution in [2.24, 2.45) is 11.8 Å². The van der Waals surface area contributed by atoms with Gasteiger partial charge in [0.2, 0.25) is 0 Å². The molecule has 0 amide bonds. The molecular formula is C16H28N2O. The Balaban J connectivity index is 1.93. The van der Waals surface area contributed by atoms with Crippen LogP contribution in [0.5, 0.6) is 0 Å². The summed E-state index contributed by atoms with van der Waals surface area (Å²) in [6.45, 7) is 5.32. The van der Waals surface area contributed by atoms with Crippen LogP contribution in [0, 0.1) is 11.8 Å². The third kappa shape index (κ3) is 3.59. The molecule has 0 radical (unpaired) electrons. The minimum absolute atomic E-state index is 0.323. The Bertz CT molecular complexity index is 367. The molecule has 19 heavy (non-hydrogen) atoms. The van der Waals surface area contributed by atoms with Crippen LogP contribution in [-0.4, -0.2) is 14.9 Å². The monoisotopic (exact) mass is 264 g/mol. The Morgan fingerprint density at radius 2 is 2.00 bits per heavy atom. The Morgan fingerprint density at radius 1 is 1.26 bits per heavy atom. The summed E-state index contributed by atoms with van der Waals surface area (Å²) >= 11 is 0. The fraction of sp³-hybridized carbons (Fsp3) is 0.812. The molecule has 0 bridgehead atoms. The van der Waals surface area contributed by atoms with E-state index in [1.165, 1.54) is 38.5 Å². The van der Waals surface area contributed by atoms with Crippen LogP contribution in [0.4, 0.5) is 0 Å². The molecule has 2 rings (SSSR count). The highest BCUT2D eigenvalue weighted by molar-refractivity contribution is 5.06. The number of hydrogen-bond acceptors (Lipinski definition) is 2. The van der Waals surface area contributed by atoms with Crippen LogP contribution in [0.25, 0.3) is 0 Å². The van der Waals surface area contributed by atoms with E-state index in [9.17, 15) is 5.11 Å². The predicted octanol–water partition coefficient (Wildman–Crippen LogP) is 3.93. The summed E-state index contributed by atoms with van der Waals surface area (Å²) in [5.74, 6) is 1.33. The van der Waals surface area contributed by atoms with Gasteiger partial charge in [0.05, 0.1) is 11.8 Å². The van der Waals surface area contributed by atoms with Crippen molar-refractivity contribution in [2.45, 2.75) is 71.4 Å². The number of aryl methyl sites for hydroxylation is 1. The van der Waals surface area contributed by atoms with Crippen LogP contribution in [0.15, 0.2) is 12.3 Å². The lowest BCUT2D eigenvalue weighted by Crippen LogP contribution is -2.22. The minimum atomic E-state index is -0.323. The lowest BCUT2D eigenvalue weighted by atomic mass is 9.77. The van der Waals surface area contributed by atoms with E-state index < -0.39 is 0 Å². The topological polar surface area (TPSA) is 38.1 Å². The molecule has 0 aromatic carbocycles. The minimum Gasteiger partial charge on any atom is -0.387 e. The molecule has 1 atom stereocenters. The molecule has 3 nitrogen and oxygen atoms in total. The fourth-order valence-electron chi connectivity index (χ4n) is 3.44. The second-order valence-electron chi connectivity index (χ2n) is 5.99. The van der Waals surface area contributed by atoms with Crippen molar-refractivity contribution in [2.75, 3.05) is 0 Å². The van der Waals surface area contributed by atoms with Gasteiger partial charge >= 0.3 is 0 Å². The van der Waals surface area contributed by atoms with Gasteiger partial charge < -0.3 is 5.11 Å². The first-order chi connectivity index (χ1) is 9.26. The molecule has 1 N–H and O–H groups in total. The smallest absolute Gasteiger partial charge is 0.0984 e. The number of aliphatic hydroxyl groups is 1. The van der Waals surface area contributed by atoms with Gasteiger partial charge in [0, 0.05) is 12.7 Å². The van der Waals surface area contributed by atoms with Crippen LogP contribution in [0.2, 0.25) is 0 Å².